The molecule has 0 bridgehead atoms. The lowest BCUT2D eigenvalue weighted by molar-refractivity contribution is -0.119. The molecule has 0 radical (unpaired) electrons. The van der Waals surface area contributed by atoms with E-state index < -0.39 is 17.2 Å². The summed E-state index contributed by atoms with van der Waals surface area (Å²) in [5.41, 5.74) is 1.77. The van der Waals surface area contributed by atoms with Gasteiger partial charge in [-0.1, -0.05) is 65.2 Å². The summed E-state index contributed by atoms with van der Waals surface area (Å²) < 4.78 is 6.66. The number of ether oxygens (including phenoxy) is 1. The lowest BCUT2D eigenvalue weighted by Gasteiger charge is -2.10. The summed E-state index contributed by atoms with van der Waals surface area (Å²) in [6.07, 6.45) is 0. The number of carbonyl (C=O) groups is 2. The highest BCUT2D eigenvalue weighted by atomic mass is 32.2. The summed E-state index contributed by atoms with van der Waals surface area (Å²) in [5.74, 6) is 1.19. The van der Waals surface area contributed by atoms with E-state index in [1.165, 1.54) is 23.1 Å². The zero-order valence-electron chi connectivity index (χ0n) is 16.3. The number of carbonyl (C=O) groups excluding carboxylic acids is 2. The number of para-hydroxylation sites is 1. The monoisotopic (exact) mass is 460 g/mol. The first-order valence-corrected chi connectivity index (χ1v) is 11.6. The molecule has 0 saturated carbocycles. The van der Waals surface area contributed by atoms with Crippen LogP contribution in [-0.2, 0) is 10.5 Å². The molecule has 2 aromatic carbocycles. The molecule has 0 aliphatic rings. The number of hydrogen-bond donors (Lipinski definition) is 2. The quantitative estimate of drug-likeness (QED) is 0.472. The highest BCUT2D eigenvalue weighted by molar-refractivity contribution is 8.03. The molecule has 0 fully saturated rings. The van der Waals surface area contributed by atoms with E-state index in [0.717, 1.165) is 21.4 Å². The lowest BCUT2D eigenvalue weighted by Crippen LogP contribution is -2.38. The van der Waals surface area contributed by atoms with Gasteiger partial charge < -0.3 is 10.1 Å². The van der Waals surface area contributed by atoms with E-state index in [4.69, 9.17) is 4.74 Å². The predicted molar refractivity (Wildman–Crippen MR) is 121 cm³/mol. The third-order valence-electron chi connectivity index (χ3n) is 3.82. The second-order valence-corrected chi connectivity index (χ2v) is 9.83. The molecule has 10 heteroatoms. The van der Waals surface area contributed by atoms with Gasteiger partial charge in [0.1, 0.15) is 5.75 Å². The van der Waals surface area contributed by atoms with Crippen LogP contribution in [0.25, 0.3) is 0 Å². The number of methoxy groups -OCH3 is 1. The van der Waals surface area contributed by atoms with Crippen LogP contribution in [0.2, 0.25) is 0 Å². The van der Waals surface area contributed by atoms with Crippen molar-refractivity contribution in [1.29, 1.82) is 0 Å². The summed E-state index contributed by atoms with van der Waals surface area (Å²) in [4.78, 5) is 24.2. The predicted octanol–water partition coefficient (Wildman–Crippen LogP) is 4.67. The fraction of sp³-hybridized carbons (Fsp3) is 0.200. The van der Waals surface area contributed by atoms with Crippen LogP contribution in [0.4, 0.5) is 10.5 Å². The minimum absolute atomic E-state index is 0.393. The number of anilines is 1. The van der Waals surface area contributed by atoms with Gasteiger partial charge in [0.25, 0.3) is 0 Å². The minimum atomic E-state index is -0.563. The average molecular weight is 461 g/mol. The topological polar surface area (TPSA) is 93.2 Å². The highest BCUT2D eigenvalue weighted by Gasteiger charge is 2.19. The van der Waals surface area contributed by atoms with Gasteiger partial charge in [-0.05, 0) is 36.8 Å². The molecule has 1 heterocycles. The van der Waals surface area contributed by atoms with Crippen molar-refractivity contribution in [3.05, 3.63) is 60.2 Å². The molecule has 3 rings (SSSR count). The largest absolute Gasteiger partial charge is 0.497 e. The van der Waals surface area contributed by atoms with E-state index in [0.29, 0.717) is 10.0 Å². The SMILES string of the molecule is COc1ccc(CSc2nnc(SC(C)C(=O)NC(=O)Nc3ccccc3)s2)cc1. The molecule has 0 aliphatic carbocycles. The Labute approximate surface area is 187 Å². The number of nitrogens with one attached hydrogen (secondary N) is 2. The minimum Gasteiger partial charge on any atom is -0.497 e. The molecule has 0 spiro atoms. The van der Waals surface area contributed by atoms with Crippen molar-refractivity contribution in [1.82, 2.24) is 15.5 Å². The Bertz CT molecular complexity index is 980. The van der Waals surface area contributed by atoms with Gasteiger partial charge in [-0.3, -0.25) is 10.1 Å². The van der Waals surface area contributed by atoms with Crippen molar-refractivity contribution in [3.8, 4) is 5.75 Å². The van der Waals surface area contributed by atoms with Crippen LogP contribution in [0.5, 0.6) is 5.75 Å². The number of rotatable bonds is 8. The van der Waals surface area contributed by atoms with E-state index in [-0.39, 0.29) is 0 Å². The third kappa shape index (κ3) is 6.75. The number of thioether (sulfide) groups is 2. The van der Waals surface area contributed by atoms with Crippen molar-refractivity contribution < 1.29 is 14.3 Å². The number of imide groups is 1. The summed E-state index contributed by atoms with van der Waals surface area (Å²) >= 11 is 4.28. The highest BCUT2D eigenvalue weighted by Crippen LogP contribution is 2.32. The molecule has 1 aromatic heterocycles. The lowest BCUT2D eigenvalue weighted by atomic mass is 10.2. The van der Waals surface area contributed by atoms with Gasteiger partial charge in [0, 0.05) is 11.4 Å². The Balaban J connectivity index is 1.45. The van der Waals surface area contributed by atoms with Gasteiger partial charge in [-0.2, -0.15) is 0 Å². The summed E-state index contributed by atoms with van der Waals surface area (Å²) in [6.45, 7) is 1.72. The molecule has 7 nitrogen and oxygen atoms in total. The fourth-order valence-electron chi connectivity index (χ4n) is 2.27. The number of amides is 3. The van der Waals surface area contributed by atoms with Crippen LogP contribution in [0.3, 0.4) is 0 Å². The van der Waals surface area contributed by atoms with Gasteiger partial charge in [0.05, 0.1) is 12.4 Å². The summed E-state index contributed by atoms with van der Waals surface area (Å²) in [7, 11) is 1.64. The van der Waals surface area contributed by atoms with E-state index >= 15 is 0 Å². The number of urea groups is 1. The van der Waals surface area contributed by atoms with Crippen LogP contribution in [-0.4, -0.2) is 34.5 Å². The molecule has 0 aliphatic heterocycles. The fourth-order valence-corrected chi connectivity index (χ4v) is 5.39. The molecule has 3 amide bonds. The number of benzene rings is 2. The Kier molecular flexibility index (Phi) is 8.12. The average Bonchev–Trinajstić information content (AvgIpc) is 3.20. The molecular formula is C20H20N4O3S3. The van der Waals surface area contributed by atoms with E-state index in [1.54, 1.807) is 50.1 Å². The van der Waals surface area contributed by atoms with Gasteiger partial charge in [0.2, 0.25) is 5.91 Å². The van der Waals surface area contributed by atoms with Crippen molar-refractivity contribution >= 4 is 52.5 Å². The normalized spacial score (nSPS) is 11.5. The van der Waals surface area contributed by atoms with Crippen LogP contribution in [0.15, 0.2) is 63.3 Å². The molecule has 156 valence electrons. The molecule has 0 saturated heterocycles. The Hall–Kier alpha value is -2.56. The van der Waals surface area contributed by atoms with Crippen molar-refractivity contribution in [2.24, 2.45) is 0 Å². The van der Waals surface area contributed by atoms with Crippen LogP contribution in [0.1, 0.15) is 12.5 Å². The molecule has 30 heavy (non-hydrogen) atoms. The van der Waals surface area contributed by atoms with Gasteiger partial charge in [-0.15, -0.1) is 10.2 Å². The summed E-state index contributed by atoms with van der Waals surface area (Å²) in [6, 6.07) is 16.2. The Morgan fingerprint density at radius 1 is 1.07 bits per heavy atom. The van der Waals surface area contributed by atoms with Crippen LogP contribution < -0.4 is 15.4 Å². The second-order valence-electron chi connectivity index (χ2n) is 6.04. The zero-order chi connectivity index (χ0) is 21.3. The molecule has 2 N–H and O–H groups in total. The molecular weight excluding hydrogens is 440 g/mol. The van der Waals surface area contributed by atoms with E-state index in [1.807, 2.05) is 30.3 Å². The van der Waals surface area contributed by atoms with Gasteiger partial charge in [0.15, 0.2) is 8.68 Å². The molecule has 1 atom stereocenters. The second kappa shape index (κ2) is 11.0. The van der Waals surface area contributed by atoms with Crippen LogP contribution in [0, 0.1) is 0 Å². The first kappa shape index (κ1) is 22.1. The number of nitrogens with zero attached hydrogens (tertiary/aromatic N) is 2. The van der Waals surface area contributed by atoms with E-state index in [2.05, 4.69) is 20.8 Å². The first-order valence-electron chi connectivity index (χ1n) is 8.96. The third-order valence-corrected chi connectivity index (χ3v) is 7.14. The Morgan fingerprint density at radius 3 is 2.47 bits per heavy atom. The standard InChI is InChI=1S/C20H20N4O3S3/c1-13(17(25)22-18(26)21-15-6-4-3-5-7-15)29-20-24-23-19(30-20)28-12-14-8-10-16(27-2)11-9-14/h3-11,13H,12H2,1-2H3,(H2,21,22,25,26). The number of hydrogen-bond acceptors (Lipinski definition) is 8. The molecule has 3 aromatic rings. The van der Waals surface area contributed by atoms with Crippen molar-refractivity contribution in [3.63, 3.8) is 0 Å². The maximum absolute atomic E-state index is 12.3. The maximum atomic E-state index is 12.3. The molecule has 1 unspecified atom stereocenters. The Morgan fingerprint density at radius 2 is 1.77 bits per heavy atom. The van der Waals surface area contributed by atoms with Crippen molar-refractivity contribution in [2.45, 2.75) is 26.6 Å². The zero-order valence-corrected chi connectivity index (χ0v) is 18.8. The van der Waals surface area contributed by atoms with Crippen LogP contribution >= 0.6 is 34.9 Å². The van der Waals surface area contributed by atoms with Gasteiger partial charge >= 0.3 is 6.03 Å². The maximum Gasteiger partial charge on any atom is 0.325 e. The smallest absolute Gasteiger partial charge is 0.325 e. The van der Waals surface area contributed by atoms with Gasteiger partial charge in [-0.25, -0.2) is 4.79 Å². The first-order chi connectivity index (χ1) is 14.5. The van der Waals surface area contributed by atoms with E-state index in [9.17, 15) is 9.59 Å². The van der Waals surface area contributed by atoms with Crippen molar-refractivity contribution in [2.75, 3.05) is 12.4 Å². The summed E-state index contributed by atoms with van der Waals surface area (Å²) in [5, 5.41) is 12.8. The number of aromatic nitrogens is 2.